The van der Waals surface area contributed by atoms with Gasteiger partial charge in [0.1, 0.15) is 0 Å². The zero-order valence-electron chi connectivity index (χ0n) is 9.72. The third-order valence-electron chi connectivity index (χ3n) is 2.36. The maximum atomic E-state index is 11.8. The van der Waals surface area contributed by atoms with Gasteiger partial charge in [0.15, 0.2) is 5.71 Å². The molecule has 1 aliphatic rings. The molecule has 0 N–H and O–H groups in total. The van der Waals surface area contributed by atoms with Gasteiger partial charge in [-0.05, 0) is 31.2 Å². The standard InChI is InChI=1S/C12H11BrN2O3/c1-2-18-12(17)10-7-11(16)15(14-10)9-5-3-8(13)4-6-9/h3-6H,2,7H2,1H3. The maximum Gasteiger partial charge on any atom is 0.355 e. The quantitative estimate of drug-likeness (QED) is 0.803. The molecule has 0 aliphatic carbocycles. The van der Waals surface area contributed by atoms with E-state index in [1.54, 1.807) is 31.2 Å². The Labute approximate surface area is 113 Å². The summed E-state index contributed by atoms with van der Waals surface area (Å²) in [4.78, 5) is 23.3. The second kappa shape index (κ2) is 5.30. The van der Waals surface area contributed by atoms with Gasteiger partial charge in [-0.15, -0.1) is 0 Å². The first-order valence-electron chi connectivity index (χ1n) is 5.45. The Morgan fingerprint density at radius 3 is 2.72 bits per heavy atom. The average Bonchev–Trinajstić information content (AvgIpc) is 2.73. The van der Waals surface area contributed by atoms with Gasteiger partial charge in [-0.2, -0.15) is 10.1 Å². The summed E-state index contributed by atoms with van der Waals surface area (Å²) in [5.74, 6) is -0.772. The molecule has 1 aromatic rings. The number of esters is 1. The van der Waals surface area contributed by atoms with Crippen molar-refractivity contribution < 1.29 is 14.3 Å². The van der Waals surface area contributed by atoms with Crippen LogP contribution in [0.25, 0.3) is 0 Å². The van der Waals surface area contributed by atoms with E-state index >= 15 is 0 Å². The molecule has 0 radical (unpaired) electrons. The molecule has 0 bridgehead atoms. The van der Waals surface area contributed by atoms with Crippen molar-refractivity contribution in [2.45, 2.75) is 13.3 Å². The first kappa shape index (κ1) is 12.8. The lowest BCUT2D eigenvalue weighted by molar-refractivity contribution is -0.135. The zero-order chi connectivity index (χ0) is 13.1. The fraction of sp³-hybridized carbons (Fsp3) is 0.250. The summed E-state index contributed by atoms with van der Waals surface area (Å²) < 4.78 is 5.73. The van der Waals surface area contributed by atoms with E-state index in [2.05, 4.69) is 21.0 Å². The number of nitrogens with zero attached hydrogens (tertiary/aromatic N) is 2. The molecule has 94 valence electrons. The predicted molar refractivity (Wildman–Crippen MR) is 70.3 cm³/mol. The molecule has 1 heterocycles. The number of amides is 1. The second-order valence-electron chi connectivity index (χ2n) is 3.63. The Morgan fingerprint density at radius 2 is 2.11 bits per heavy atom. The number of carbonyl (C=O) groups excluding carboxylic acids is 2. The van der Waals surface area contributed by atoms with Gasteiger partial charge in [-0.1, -0.05) is 15.9 Å². The normalized spacial score (nSPS) is 14.7. The van der Waals surface area contributed by atoms with Gasteiger partial charge in [-0.3, -0.25) is 4.79 Å². The van der Waals surface area contributed by atoms with Gasteiger partial charge < -0.3 is 4.74 Å². The monoisotopic (exact) mass is 310 g/mol. The van der Waals surface area contributed by atoms with Crippen LogP contribution >= 0.6 is 15.9 Å². The van der Waals surface area contributed by atoms with Crippen LogP contribution in [0.5, 0.6) is 0 Å². The number of ether oxygens (including phenoxy) is 1. The van der Waals surface area contributed by atoms with Gasteiger partial charge in [-0.25, -0.2) is 4.79 Å². The van der Waals surface area contributed by atoms with Crippen LogP contribution in [0.2, 0.25) is 0 Å². The van der Waals surface area contributed by atoms with Crippen LogP contribution < -0.4 is 5.01 Å². The molecule has 0 spiro atoms. The SMILES string of the molecule is CCOC(=O)C1=NN(c2ccc(Br)cc2)C(=O)C1. The minimum atomic E-state index is -0.537. The van der Waals surface area contributed by atoms with E-state index in [-0.39, 0.29) is 24.6 Å². The predicted octanol–water partition coefficient (Wildman–Crippen LogP) is 2.10. The summed E-state index contributed by atoms with van der Waals surface area (Å²) >= 11 is 3.31. The van der Waals surface area contributed by atoms with Crippen molar-refractivity contribution in [2.24, 2.45) is 5.10 Å². The van der Waals surface area contributed by atoms with Crippen LogP contribution in [0.4, 0.5) is 5.69 Å². The Kier molecular flexibility index (Phi) is 3.76. The summed E-state index contributed by atoms with van der Waals surface area (Å²) in [5, 5.41) is 5.22. The molecule has 2 rings (SSSR count). The second-order valence-corrected chi connectivity index (χ2v) is 4.54. The number of hydrogen-bond acceptors (Lipinski definition) is 4. The lowest BCUT2D eigenvalue weighted by Crippen LogP contribution is -2.19. The highest BCUT2D eigenvalue weighted by molar-refractivity contribution is 9.10. The van der Waals surface area contributed by atoms with Crippen molar-refractivity contribution in [3.05, 3.63) is 28.7 Å². The Hall–Kier alpha value is -1.69. The molecule has 0 atom stereocenters. The molecule has 0 saturated heterocycles. The molecule has 18 heavy (non-hydrogen) atoms. The van der Waals surface area contributed by atoms with Crippen molar-refractivity contribution in [3.8, 4) is 0 Å². The highest BCUT2D eigenvalue weighted by Crippen LogP contribution is 2.22. The van der Waals surface area contributed by atoms with Crippen LogP contribution in [0.15, 0.2) is 33.8 Å². The van der Waals surface area contributed by atoms with Gasteiger partial charge in [0.25, 0.3) is 5.91 Å². The molecule has 6 heteroatoms. The summed E-state index contributed by atoms with van der Waals surface area (Å²) in [6, 6.07) is 7.11. The smallest absolute Gasteiger partial charge is 0.355 e. The topological polar surface area (TPSA) is 59.0 Å². The average molecular weight is 311 g/mol. The van der Waals surface area contributed by atoms with Crippen molar-refractivity contribution in [2.75, 3.05) is 11.6 Å². The van der Waals surface area contributed by atoms with Crippen LogP contribution in [-0.4, -0.2) is 24.2 Å². The third-order valence-corrected chi connectivity index (χ3v) is 2.89. The summed E-state index contributed by atoms with van der Waals surface area (Å²) in [6.07, 6.45) is -0.0190. The summed E-state index contributed by atoms with van der Waals surface area (Å²) in [5.41, 5.74) is 0.771. The fourth-order valence-electron chi connectivity index (χ4n) is 1.54. The van der Waals surface area contributed by atoms with Crippen molar-refractivity contribution in [1.29, 1.82) is 0 Å². The summed E-state index contributed by atoms with van der Waals surface area (Å²) in [7, 11) is 0. The van der Waals surface area contributed by atoms with Crippen LogP contribution in [0.3, 0.4) is 0 Å². The van der Waals surface area contributed by atoms with E-state index in [4.69, 9.17) is 4.74 Å². The molecule has 1 amide bonds. The van der Waals surface area contributed by atoms with Gasteiger partial charge in [0.05, 0.1) is 18.7 Å². The molecule has 0 saturated carbocycles. The minimum absolute atomic E-state index is 0.0190. The highest BCUT2D eigenvalue weighted by Gasteiger charge is 2.30. The molecular formula is C12H11BrN2O3. The van der Waals surface area contributed by atoms with Crippen LogP contribution in [-0.2, 0) is 14.3 Å². The maximum absolute atomic E-state index is 11.8. The molecule has 0 fully saturated rings. The number of benzene rings is 1. The van der Waals surface area contributed by atoms with E-state index in [1.165, 1.54) is 5.01 Å². The minimum Gasteiger partial charge on any atom is -0.461 e. The number of hydrazone groups is 1. The van der Waals surface area contributed by atoms with E-state index in [1.807, 2.05) is 0 Å². The first-order valence-corrected chi connectivity index (χ1v) is 6.24. The number of hydrogen-bond donors (Lipinski definition) is 0. The molecule has 0 aromatic heterocycles. The lowest BCUT2D eigenvalue weighted by atomic mass is 10.2. The molecule has 5 nitrogen and oxygen atoms in total. The van der Waals surface area contributed by atoms with Crippen molar-refractivity contribution in [1.82, 2.24) is 0 Å². The van der Waals surface area contributed by atoms with Gasteiger partial charge in [0.2, 0.25) is 0 Å². The third kappa shape index (κ3) is 2.59. The molecular weight excluding hydrogens is 300 g/mol. The Bertz CT molecular complexity index is 511. The molecule has 1 aliphatic heterocycles. The van der Waals surface area contributed by atoms with Crippen LogP contribution in [0.1, 0.15) is 13.3 Å². The Morgan fingerprint density at radius 1 is 1.44 bits per heavy atom. The van der Waals surface area contributed by atoms with Gasteiger partial charge >= 0.3 is 5.97 Å². The number of anilines is 1. The van der Waals surface area contributed by atoms with E-state index < -0.39 is 5.97 Å². The highest BCUT2D eigenvalue weighted by atomic mass is 79.9. The first-order chi connectivity index (χ1) is 8.61. The zero-order valence-corrected chi connectivity index (χ0v) is 11.3. The number of rotatable bonds is 3. The van der Waals surface area contributed by atoms with Crippen molar-refractivity contribution >= 4 is 39.2 Å². The number of carbonyl (C=O) groups is 2. The Balaban J connectivity index is 2.21. The van der Waals surface area contributed by atoms with Crippen LogP contribution in [0, 0.1) is 0 Å². The van der Waals surface area contributed by atoms with E-state index in [0.29, 0.717) is 5.69 Å². The molecule has 0 unspecified atom stereocenters. The molecule has 1 aromatic carbocycles. The fourth-order valence-corrected chi connectivity index (χ4v) is 1.81. The lowest BCUT2D eigenvalue weighted by Gasteiger charge is -2.10. The van der Waals surface area contributed by atoms with E-state index in [0.717, 1.165) is 4.47 Å². The number of halogens is 1. The largest absolute Gasteiger partial charge is 0.461 e. The van der Waals surface area contributed by atoms with Crippen molar-refractivity contribution in [3.63, 3.8) is 0 Å². The van der Waals surface area contributed by atoms with Gasteiger partial charge in [0, 0.05) is 4.47 Å². The summed E-state index contributed by atoms with van der Waals surface area (Å²) in [6.45, 7) is 1.98. The van der Waals surface area contributed by atoms with E-state index in [9.17, 15) is 9.59 Å².